The van der Waals surface area contributed by atoms with Gasteiger partial charge in [0.05, 0.1) is 4.92 Å². The van der Waals surface area contributed by atoms with Crippen molar-refractivity contribution in [3.63, 3.8) is 0 Å². The number of hydrogen-bond acceptors (Lipinski definition) is 5. The van der Waals surface area contributed by atoms with Crippen molar-refractivity contribution in [3.8, 4) is 0 Å². The van der Waals surface area contributed by atoms with Gasteiger partial charge in [0, 0.05) is 12.6 Å². The van der Waals surface area contributed by atoms with Crippen molar-refractivity contribution in [2.75, 3.05) is 11.9 Å². The third-order valence-corrected chi connectivity index (χ3v) is 2.82. The van der Waals surface area contributed by atoms with Gasteiger partial charge in [-0.25, -0.2) is 9.78 Å². The molecule has 0 aromatic carbocycles. The zero-order valence-electron chi connectivity index (χ0n) is 11.6. The van der Waals surface area contributed by atoms with Gasteiger partial charge in [0.15, 0.2) is 0 Å². The van der Waals surface area contributed by atoms with Gasteiger partial charge in [-0.15, -0.1) is 0 Å². The van der Waals surface area contributed by atoms with Gasteiger partial charge in [-0.05, 0) is 12.3 Å². The summed E-state index contributed by atoms with van der Waals surface area (Å²) >= 11 is 0. The lowest BCUT2D eigenvalue weighted by Gasteiger charge is -2.07. The summed E-state index contributed by atoms with van der Waals surface area (Å²) in [6.07, 6.45) is 4.12. The number of anilines is 1. The summed E-state index contributed by atoms with van der Waals surface area (Å²) in [7, 11) is 0. The predicted molar refractivity (Wildman–Crippen MR) is 75.0 cm³/mol. The summed E-state index contributed by atoms with van der Waals surface area (Å²) in [4.78, 5) is 24.8. The van der Waals surface area contributed by atoms with Crippen LogP contribution >= 0.6 is 0 Å². The Labute approximate surface area is 117 Å². The number of carboxylic acids is 1. The molecule has 0 fully saturated rings. The fraction of sp³-hybridized carbons (Fsp3) is 0.538. The molecule has 0 aliphatic carbocycles. The lowest BCUT2D eigenvalue weighted by molar-refractivity contribution is -0.385. The molecule has 1 aromatic rings. The van der Waals surface area contributed by atoms with E-state index in [1.54, 1.807) is 0 Å². The maximum atomic E-state index is 11.0. The van der Waals surface area contributed by atoms with E-state index in [2.05, 4.69) is 24.1 Å². The van der Waals surface area contributed by atoms with Crippen LogP contribution in [0.3, 0.4) is 0 Å². The first-order valence-electron chi connectivity index (χ1n) is 6.53. The molecule has 0 bridgehead atoms. The largest absolute Gasteiger partial charge is 0.477 e. The van der Waals surface area contributed by atoms with Crippen molar-refractivity contribution in [2.24, 2.45) is 5.92 Å². The van der Waals surface area contributed by atoms with E-state index in [-0.39, 0.29) is 5.56 Å². The number of unbranched alkanes of at least 4 members (excludes halogenated alkanes) is 1. The number of carboxylic acid groups (broad SMARTS) is 1. The molecule has 110 valence electrons. The van der Waals surface area contributed by atoms with Gasteiger partial charge in [0.1, 0.15) is 17.6 Å². The van der Waals surface area contributed by atoms with E-state index in [0.29, 0.717) is 18.3 Å². The second kappa shape index (κ2) is 7.42. The Kier molecular flexibility index (Phi) is 5.89. The van der Waals surface area contributed by atoms with Gasteiger partial charge in [-0.2, -0.15) is 0 Å². The molecule has 0 saturated heterocycles. The van der Waals surface area contributed by atoms with Gasteiger partial charge in [0.2, 0.25) is 0 Å². The summed E-state index contributed by atoms with van der Waals surface area (Å²) in [6, 6.07) is 1.20. The number of aromatic carboxylic acids is 1. The maximum absolute atomic E-state index is 11.0. The van der Waals surface area contributed by atoms with Gasteiger partial charge >= 0.3 is 11.7 Å². The van der Waals surface area contributed by atoms with Crippen molar-refractivity contribution < 1.29 is 14.8 Å². The van der Waals surface area contributed by atoms with Crippen molar-refractivity contribution >= 4 is 17.5 Å². The summed E-state index contributed by atoms with van der Waals surface area (Å²) in [5.41, 5.74) is -0.850. The van der Waals surface area contributed by atoms with Gasteiger partial charge in [-0.3, -0.25) is 10.1 Å². The zero-order chi connectivity index (χ0) is 15.1. The van der Waals surface area contributed by atoms with Crippen LogP contribution in [0.15, 0.2) is 12.3 Å². The number of nitro groups is 1. The van der Waals surface area contributed by atoms with Crippen molar-refractivity contribution in [1.29, 1.82) is 0 Å². The van der Waals surface area contributed by atoms with Crippen LogP contribution in [0.4, 0.5) is 11.5 Å². The van der Waals surface area contributed by atoms with Gasteiger partial charge in [-0.1, -0.05) is 26.7 Å². The Balaban J connectivity index is 2.61. The highest BCUT2D eigenvalue weighted by molar-refractivity contribution is 5.93. The Hall–Kier alpha value is -2.18. The fourth-order valence-corrected chi connectivity index (χ4v) is 1.76. The van der Waals surface area contributed by atoms with Crippen molar-refractivity contribution in [3.05, 3.63) is 27.9 Å². The zero-order valence-corrected chi connectivity index (χ0v) is 11.6. The third kappa shape index (κ3) is 4.83. The summed E-state index contributed by atoms with van der Waals surface area (Å²) in [5.74, 6) is -0.328. The SMILES string of the molecule is CC(C)CCCCNc1cc(C(=O)O)c([N+](=O)[O-])cn1. The maximum Gasteiger partial charge on any atom is 0.342 e. The van der Waals surface area contributed by atoms with Crippen molar-refractivity contribution in [2.45, 2.75) is 33.1 Å². The van der Waals surface area contributed by atoms with Crippen molar-refractivity contribution in [1.82, 2.24) is 4.98 Å². The number of hydrogen-bond donors (Lipinski definition) is 2. The first-order valence-corrected chi connectivity index (χ1v) is 6.53. The monoisotopic (exact) mass is 281 g/mol. The van der Waals surface area contributed by atoms with E-state index in [1.165, 1.54) is 6.07 Å². The summed E-state index contributed by atoms with van der Waals surface area (Å²) in [5, 5.41) is 22.6. The molecule has 0 atom stereocenters. The molecule has 7 heteroatoms. The highest BCUT2D eigenvalue weighted by Gasteiger charge is 2.20. The standard InChI is InChI=1S/C13H19N3O4/c1-9(2)5-3-4-6-14-12-7-10(13(17)18)11(8-15-12)16(19)20/h7-9H,3-6H2,1-2H3,(H,14,15)(H,17,18). The second-order valence-corrected chi connectivity index (χ2v) is 4.97. The average molecular weight is 281 g/mol. The normalized spacial score (nSPS) is 10.6. The van der Waals surface area contributed by atoms with Crippen LogP contribution in [0.2, 0.25) is 0 Å². The van der Waals surface area contributed by atoms with E-state index in [4.69, 9.17) is 5.11 Å². The number of nitrogens with one attached hydrogen (secondary N) is 1. The number of carbonyl (C=O) groups is 1. The molecule has 0 aliphatic rings. The summed E-state index contributed by atoms with van der Waals surface area (Å²) in [6.45, 7) is 4.98. The van der Waals surface area contributed by atoms with Crippen LogP contribution < -0.4 is 5.32 Å². The Morgan fingerprint density at radius 2 is 2.20 bits per heavy atom. The topological polar surface area (TPSA) is 105 Å². The smallest absolute Gasteiger partial charge is 0.342 e. The molecular weight excluding hydrogens is 262 g/mol. The number of pyridine rings is 1. The lowest BCUT2D eigenvalue weighted by Crippen LogP contribution is -2.08. The predicted octanol–water partition coefficient (Wildman–Crippen LogP) is 2.93. The Morgan fingerprint density at radius 3 is 2.75 bits per heavy atom. The molecule has 7 nitrogen and oxygen atoms in total. The van der Waals surface area contributed by atoms with Crippen LogP contribution in [-0.2, 0) is 0 Å². The van der Waals surface area contributed by atoms with Crippen LogP contribution in [0, 0.1) is 16.0 Å². The Bertz CT molecular complexity index is 489. The molecular formula is C13H19N3O4. The highest BCUT2D eigenvalue weighted by atomic mass is 16.6. The molecule has 0 radical (unpaired) electrons. The molecule has 0 unspecified atom stereocenters. The third-order valence-electron chi connectivity index (χ3n) is 2.82. The molecule has 1 heterocycles. The molecule has 1 aromatic heterocycles. The first-order chi connectivity index (χ1) is 9.41. The second-order valence-electron chi connectivity index (χ2n) is 4.97. The number of aromatic nitrogens is 1. The quantitative estimate of drug-likeness (QED) is 0.431. The van der Waals surface area contributed by atoms with E-state index >= 15 is 0 Å². The van der Waals surface area contributed by atoms with Gasteiger partial charge in [0.25, 0.3) is 0 Å². The number of rotatable bonds is 8. The van der Waals surface area contributed by atoms with E-state index in [1.807, 2.05) is 0 Å². The highest BCUT2D eigenvalue weighted by Crippen LogP contribution is 2.20. The van der Waals surface area contributed by atoms with E-state index < -0.39 is 16.6 Å². The summed E-state index contributed by atoms with van der Waals surface area (Å²) < 4.78 is 0. The van der Waals surface area contributed by atoms with Crippen LogP contribution in [0.5, 0.6) is 0 Å². The van der Waals surface area contributed by atoms with E-state index in [9.17, 15) is 14.9 Å². The Morgan fingerprint density at radius 1 is 1.50 bits per heavy atom. The number of nitrogens with zero attached hydrogens (tertiary/aromatic N) is 2. The van der Waals surface area contributed by atoms with Crippen LogP contribution in [0.25, 0.3) is 0 Å². The molecule has 0 amide bonds. The minimum Gasteiger partial charge on any atom is -0.477 e. The van der Waals surface area contributed by atoms with Crippen LogP contribution in [0.1, 0.15) is 43.5 Å². The molecule has 1 rings (SSSR count). The molecule has 20 heavy (non-hydrogen) atoms. The van der Waals surface area contributed by atoms with E-state index in [0.717, 1.165) is 25.5 Å². The minimum atomic E-state index is -1.33. The molecule has 0 spiro atoms. The average Bonchev–Trinajstić information content (AvgIpc) is 2.37. The molecule has 0 aliphatic heterocycles. The van der Waals surface area contributed by atoms with Gasteiger partial charge < -0.3 is 10.4 Å². The minimum absolute atomic E-state index is 0.345. The molecule has 2 N–H and O–H groups in total. The first kappa shape index (κ1) is 15.9. The van der Waals surface area contributed by atoms with Crippen LogP contribution in [-0.4, -0.2) is 27.5 Å². The molecule has 0 saturated carbocycles. The fourth-order valence-electron chi connectivity index (χ4n) is 1.76. The lowest BCUT2D eigenvalue weighted by atomic mass is 10.1.